The Morgan fingerprint density at radius 2 is 1.71 bits per heavy atom. The van der Waals surface area contributed by atoms with Crippen molar-refractivity contribution in [2.45, 2.75) is 36.7 Å². The van der Waals surface area contributed by atoms with Gasteiger partial charge in [0.25, 0.3) is 5.91 Å². The van der Waals surface area contributed by atoms with Crippen molar-refractivity contribution in [1.29, 1.82) is 0 Å². The zero-order valence-electron chi connectivity index (χ0n) is 21.0. The average molecular weight is 537 g/mol. The number of benzene rings is 1. The van der Waals surface area contributed by atoms with Gasteiger partial charge < -0.3 is 46.6 Å². The van der Waals surface area contributed by atoms with Crippen LogP contribution >= 0.6 is 0 Å². The van der Waals surface area contributed by atoms with Gasteiger partial charge in [0, 0.05) is 17.4 Å². The van der Waals surface area contributed by atoms with Crippen LogP contribution in [0.4, 0.5) is 0 Å². The molecule has 0 heterocycles. The third-order valence-electron chi connectivity index (χ3n) is 7.44. The third-order valence-corrected chi connectivity index (χ3v) is 7.44. The largest absolute Gasteiger partial charge is 0.508 e. The predicted molar refractivity (Wildman–Crippen MR) is 130 cm³/mol. The number of rotatable bonds is 4. The summed E-state index contributed by atoms with van der Waals surface area (Å²) in [6.07, 6.45) is -1.15. The Kier molecular flexibility index (Phi) is 7.76. The van der Waals surface area contributed by atoms with E-state index in [1.807, 2.05) is 0 Å². The molecule has 0 aliphatic heterocycles. The summed E-state index contributed by atoms with van der Waals surface area (Å²) >= 11 is 0. The van der Waals surface area contributed by atoms with E-state index in [0.29, 0.717) is 0 Å². The second kappa shape index (κ2) is 10.1. The van der Waals surface area contributed by atoms with Crippen molar-refractivity contribution in [3.8, 4) is 5.75 Å². The van der Waals surface area contributed by atoms with Gasteiger partial charge in [-0.2, -0.15) is 0 Å². The second-order valence-electron chi connectivity index (χ2n) is 9.98. The number of ketones is 2. The summed E-state index contributed by atoms with van der Waals surface area (Å²) in [6.45, 7) is 0.673. The molecule has 0 spiro atoms. The summed E-state index contributed by atoms with van der Waals surface area (Å²) in [5, 5.41) is 78.9. The number of phenols is 1. The molecule has 0 unspecified atom stereocenters. The van der Waals surface area contributed by atoms with E-state index in [2.05, 4.69) is 0 Å². The molecule has 3 aliphatic rings. The predicted octanol–water partition coefficient (Wildman–Crippen LogP) is -2.04. The number of phenolic OH excluding ortho intramolecular Hbond substituents is 1. The van der Waals surface area contributed by atoms with Gasteiger partial charge in [0.15, 0.2) is 11.4 Å². The van der Waals surface area contributed by atoms with Gasteiger partial charge in [-0.15, -0.1) is 0 Å². The molecule has 1 aromatic carbocycles. The van der Waals surface area contributed by atoms with E-state index >= 15 is 0 Å². The Hall–Kier alpha value is -3.33. The summed E-state index contributed by atoms with van der Waals surface area (Å²) in [4.78, 5) is 40.0. The lowest BCUT2D eigenvalue weighted by Crippen LogP contribution is -2.67. The van der Waals surface area contributed by atoms with Gasteiger partial charge in [-0.3, -0.25) is 19.3 Å². The maximum Gasteiger partial charge on any atom is 0.255 e. The minimum Gasteiger partial charge on any atom is -0.508 e. The number of primary amides is 1. The van der Waals surface area contributed by atoms with Crippen LogP contribution in [0.3, 0.4) is 0 Å². The lowest BCUT2D eigenvalue weighted by atomic mass is 9.54. The molecule has 1 saturated carbocycles. The number of hydrogen-bond donors (Lipinski definition) is 9. The van der Waals surface area contributed by atoms with Gasteiger partial charge in [-0.1, -0.05) is 12.1 Å². The highest BCUT2D eigenvalue weighted by Crippen LogP contribution is 2.57. The Morgan fingerprint density at radius 1 is 1.13 bits per heavy atom. The van der Waals surface area contributed by atoms with Crippen molar-refractivity contribution in [2.24, 2.45) is 17.6 Å². The fourth-order valence-electron chi connectivity index (χ4n) is 5.56. The second-order valence-corrected chi connectivity index (χ2v) is 9.98. The Labute approximate surface area is 217 Å². The minimum absolute atomic E-state index is 0.170. The molecule has 5 atom stereocenters. The van der Waals surface area contributed by atoms with Gasteiger partial charge in [0.05, 0.1) is 30.4 Å². The maximum atomic E-state index is 13.7. The van der Waals surface area contributed by atoms with E-state index < -0.39 is 81.1 Å². The number of aliphatic hydroxyl groups excluding tert-OH is 5. The first kappa shape index (κ1) is 29.2. The van der Waals surface area contributed by atoms with E-state index in [4.69, 9.17) is 21.1 Å². The number of fused-ring (bicyclic) bond motifs is 3. The van der Waals surface area contributed by atoms with Crippen molar-refractivity contribution >= 4 is 23.2 Å². The quantitative estimate of drug-likeness (QED) is 0.189. The van der Waals surface area contributed by atoms with Crippen molar-refractivity contribution in [3.63, 3.8) is 0 Å². The summed E-state index contributed by atoms with van der Waals surface area (Å²) in [7, 11) is 3.01. The van der Waals surface area contributed by atoms with Crippen molar-refractivity contribution in [1.82, 2.24) is 4.90 Å². The molecule has 0 radical (unpaired) electrons. The van der Waals surface area contributed by atoms with Crippen LogP contribution in [0.15, 0.2) is 35.1 Å². The number of nitrogens with two attached hydrogens (primary N) is 1. The van der Waals surface area contributed by atoms with Crippen molar-refractivity contribution in [2.75, 3.05) is 27.3 Å². The third kappa shape index (κ3) is 4.17. The number of Topliss-reactive ketones (excluding diaryl/α,β-unsaturated/α-hetero) is 2. The fourth-order valence-corrected chi connectivity index (χ4v) is 5.56. The van der Waals surface area contributed by atoms with Crippen LogP contribution in [0.25, 0.3) is 5.76 Å². The number of nitrogens with zero attached hydrogens (tertiary/aromatic N) is 1. The highest BCUT2D eigenvalue weighted by Gasteiger charge is 2.66. The SMILES string of the molecule is CN(C)[C@@H]1C(=O)C(C(N)=O)=C(O)[C@@]2(O)C(=O)C3=C(O)c4c(O)cccc4[C@@](C)(O)[C@H]3C[C@@H]12.OCC(O)CO. The standard InChI is InChI=1S/C22H24N2O8.C3H8O3/c1-21(31)8-5-4-6-11(25)12(8)16(26)13-9(21)7-10-15(24(2)3)17(27)14(20(23)30)19(29)22(10,32)18(13)28;4-1-3(6)2-5/h4-6,9-10,15,25-26,29,31-32H,7H2,1-3H3,(H2,23,30);3-6H,1-2H2/t9-,10-,15-,21+,22-;/m0./s1. The van der Waals surface area contributed by atoms with E-state index in [0.717, 1.165) is 0 Å². The lowest BCUT2D eigenvalue weighted by Gasteiger charge is -2.53. The van der Waals surface area contributed by atoms with Gasteiger partial charge in [-0.25, -0.2) is 0 Å². The number of aliphatic hydroxyl groups is 7. The van der Waals surface area contributed by atoms with Crippen LogP contribution in [0.1, 0.15) is 24.5 Å². The van der Waals surface area contributed by atoms with Crippen molar-refractivity contribution < 1.29 is 55.2 Å². The normalized spacial score (nSPS) is 30.5. The fraction of sp³-hybridized carbons (Fsp3) is 0.480. The number of hydrogen-bond acceptors (Lipinski definition) is 12. The molecule has 0 saturated heterocycles. The molecule has 13 heteroatoms. The van der Waals surface area contributed by atoms with Gasteiger partial charge in [-0.05, 0) is 39.1 Å². The molecule has 4 rings (SSSR count). The van der Waals surface area contributed by atoms with Crippen LogP contribution in [0.2, 0.25) is 0 Å². The number of aromatic hydroxyl groups is 1. The van der Waals surface area contributed by atoms with Crippen LogP contribution in [-0.4, -0.2) is 108 Å². The molecule has 0 bridgehead atoms. The van der Waals surface area contributed by atoms with E-state index in [1.54, 1.807) is 0 Å². The lowest BCUT2D eigenvalue weighted by molar-refractivity contribution is -0.159. The number of likely N-dealkylation sites (N-methyl/N-ethyl adjacent to an activating group) is 1. The first-order valence-corrected chi connectivity index (χ1v) is 11.7. The van der Waals surface area contributed by atoms with Crippen LogP contribution in [0.5, 0.6) is 5.75 Å². The highest BCUT2D eigenvalue weighted by atomic mass is 16.4. The van der Waals surface area contributed by atoms with Crippen molar-refractivity contribution in [3.05, 3.63) is 46.2 Å². The zero-order valence-corrected chi connectivity index (χ0v) is 21.0. The summed E-state index contributed by atoms with van der Waals surface area (Å²) in [5.41, 5.74) is -0.548. The summed E-state index contributed by atoms with van der Waals surface area (Å²) < 4.78 is 0. The van der Waals surface area contributed by atoms with Gasteiger partial charge in [0.2, 0.25) is 5.78 Å². The van der Waals surface area contributed by atoms with Crippen LogP contribution in [-0.2, 0) is 20.0 Å². The highest BCUT2D eigenvalue weighted by molar-refractivity contribution is 6.24. The minimum atomic E-state index is -2.75. The Balaban J connectivity index is 0.000000599. The first-order valence-electron chi connectivity index (χ1n) is 11.7. The molecule has 1 amide bonds. The molecule has 3 aliphatic carbocycles. The number of amides is 1. The number of carbonyl (C=O) groups excluding carboxylic acids is 3. The summed E-state index contributed by atoms with van der Waals surface area (Å²) in [6, 6.07) is 3.02. The Morgan fingerprint density at radius 3 is 2.18 bits per heavy atom. The molecule has 0 aromatic heterocycles. The molecule has 38 heavy (non-hydrogen) atoms. The van der Waals surface area contributed by atoms with Crippen LogP contribution < -0.4 is 5.73 Å². The topological polar surface area (TPSA) is 242 Å². The first-order chi connectivity index (χ1) is 17.6. The molecular formula is C25H32N2O11. The number of carbonyl (C=O) groups is 3. The molecule has 13 nitrogen and oxygen atoms in total. The average Bonchev–Trinajstić information content (AvgIpc) is 2.84. The van der Waals surface area contributed by atoms with E-state index in [1.165, 1.54) is 44.1 Å². The van der Waals surface area contributed by atoms with Crippen LogP contribution in [0, 0.1) is 11.8 Å². The van der Waals surface area contributed by atoms with Gasteiger partial charge >= 0.3 is 0 Å². The molecule has 10 N–H and O–H groups in total. The monoisotopic (exact) mass is 536 g/mol. The maximum absolute atomic E-state index is 13.7. The molecule has 1 aromatic rings. The van der Waals surface area contributed by atoms with E-state index in [9.17, 15) is 39.9 Å². The van der Waals surface area contributed by atoms with E-state index in [-0.39, 0.29) is 30.8 Å². The summed E-state index contributed by atoms with van der Waals surface area (Å²) in [5.74, 6) is -7.90. The van der Waals surface area contributed by atoms with Gasteiger partial charge in [0.1, 0.15) is 28.9 Å². The molecule has 1 fully saturated rings. The Bertz CT molecular complexity index is 1230. The smallest absolute Gasteiger partial charge is 0.255 e. The molecular weight excluding hydrogens is 504 g/mol. The molecule has 208 valence electrons. The zero-order chi connectivity index (χ0) is 28.9.